The van der Waals surface area contributed by atoms with Gasteiger partial charge in [0.15, 0.2) is 0 Å². The molecule has 4 rings (SSSR count). The second-order valence-corrected chi connectivity index (χ2v) is 6.66. The van der Waals surface area contributed by atoms with Crippen LogP contribution in [0.4, 0.5) is 0 Å². The van der Waals surface area contributed by atoms with E-state index < -0.39 is 0 Å². The molecule has 1 aliphatic rings. The van der Waals surface area contributed by atoms with Crippen LogP contribution in [0.3, 0.4) is 0 Å². The van der Waals surface area contributed by atoms with Crippen LogP contribution in [0.5, 0.6) is 5.88 Å². The lowest BCUT2D eigenvalue weighted by molar-refractivity contribution is 0.0157. The molecule has 1 amide bonds. The van der Waals surface area contributed by atoms with Gasteiger partial charge in [0, 0.05) is 11.8 Å². The third-order valence-electron chi connectivity index (χ3n) is 4.13. The second kappa shape index (κ2) is 6.24. The Balaban J connectivity index is 1.42. The fourth-order valence-corrected chi connectivity index (χ4v) is 3.15. The molecule has 5 heteroatoms. The van der Waals surface area contributed by atoms with E-state index in [2.05, 4.69) is 20.9 Å². The first kappa shape index (κ1) is 15.1. The Kier molecular flexibility index (Phi) is 3.94. The van der Waals surface area contributed by atoms with Crippen LogP contribution in [0.1, 0.15) is 10.4 Å². The van der Waals surface area contributed by atoms with E-state index in [0.29, 0.717) is 24.5 Å². The summed E-state index contributed by atoms with van der Waals surface area (Å²) < 4.78 is 6.64. The number of fused-ring (bicyclic) bond motifs is 1. The summed E-state index contributed by atoms with van der Waals surface area (Å²) in [5, 5.41) is 2.22. The minimum atomic E-state index is -0.0133. The largest absolute Gasteiger partial charge is 0.470 e. The Labute approximate surface area is 148 Å². The predicted molar refractivity (Wildman–Crippen MR) is 96.2 cm³/mol. The van der Waals surface area contributed by atoms with Crippen molar-refractivity contribution in [3.05, 3.63) is 70.8 Å². The fraction of sp³-hybridized carbons (Fsp3) is 0.158. The highest BCUT2D eigenvalue weighted by Crippen LogP contribution is 2.25. The van der Waals surface area contributed by atoms with Gasteiger partial charge in [-0.3, -0.25) is 4.79 Å². The highest BCUT2D eigenvalue weighted by molar-refractivity contribution is 9.10. The standard InChI is InChI=1S/C19H15BrN2O2/c20-17-6-3-9-21-18(17)24-16-11-22(12-16)19(23)15-8-7-13-4-1-2-5-14(13)10-15/h1-10,16H,11-12H2. The molecular weight excluding hydrogens is 368 g/mol. The normalized spacial score (nSPS) is 14.5. The molecule has 1 aromatic heterocycles. The summed E-state index contributed by atoms with van der Waals surface area (Å²) in [6.45, 7) is 1.16. The van der Waals surface area contributed by atoms with Crippen molar-refractivity contribution in [2.45, 2.75) is 6.10 Å². The first-order chi connectivity index (χ1) is 11.7. The van der Waals surface area contributed by atoms with E-state index in [1.54, 1.807) is 11.1 Å². The molecule has 0 saturated carbocycles. The van der Waals surface area contributed by atoms with E-state index in [1.807, 2.05) is 54.6 Å². The summed E-state index contributed by atoms with van der Waals surface area (Å²) in [5.74, 6) is 0.612. The molecule has 1 saturated heterocycles. The van der Waals surface area contributed by atoms with Crippen molar-refractivity contribution in [3.8, 4) is 5.88 Å². The molecule has 1 fully saturated rings. The minimum Gasteiger partial charge on any atom is -0.470 e. The molecule has 0 N–H and O–H groups in total. The molecule has 0 atom stereocenters. The first-order valence-electron chi connectivity index (χ1n) is 7.76. The Hall–Kier alpha value is -2.40. The number of carbonyl (C=O) groups is 1. The molecule has 24 heavy (non-hydrogen) atoms. The molecule has 1 aliphatic heterocycles. The topological polar surface area (TPSA) is 42.4 Å². The van der Waals surface area contributed by atoms with E-state index in [9.17, 15) is 4.79 Å². The van der Waals surface area contributed by atoms with Crippen molar-refractivity contribution in [2.24, 2.45) is 0 Å². The smallest absolute Gasteiger partial charge is 0.254 e. The number of likely N-dealkylation sites (tertiary alicyclic amines) is 1. The maximum atomic E-state index is 12.6. The van der Waals surface area contributed by atoms with Crippen LogP contribution in [-0.4, -0.2) is 35.0 Å². The molecule has 0 bridgehead atoms. The number of halogens is 1. The number of hydrogen-bond donors (Lipinski definition) is 0. The Bertz CT molecular complexity index is 907. The number of carbonyl (C=O) groups excluding carboxylic acids is 1. The third kappa shape index (κ3) is 2.87. The quantitative estimate of drug-likeness (QED) is 0.689. The molecule has 2 aromatic carbocycles. The lowest BCUT2D eigenvalue weighted by Gasteiger charge is -2.38. The zero-order chi connectivity index (χ0) is 16.5. The number of rotatable bonds is 3. The average Bonchev–Trinajstić information content (AvgIpc) is 2.58. The Morgan fingerprint density at radius 2 is 1.88 bits per heavy atom. The summed E-state index contributed by atoms with van der Waals surface area (Å²) in [5.41, 5.74) is 0.714. The van der Waals surface area contributed by atoms with Crippen molar-refractivity contribution in [3.63, 3.8) is 0 Å². The van der Waals surface area contributed by atoms with Crippen LogP contribution >= 0.6 is 15.9 Å². The van der Waals surface area contributed by atoms with Crippen molar-refractivity contribution in [1.29, 1.82) is 0 Å². The molecule has 0 aliphatic carbocycles. The number of ether oxygens (including phenoxy) is 1. The summed E-state index contributed by atoms with van der Waals surface area (Å²) >= 11 is 3.41. The van der Waals surface area contributed by atoms with Crippen molar-refractivity contribution < 1.29 is 9.53 Å². The number of benzene rings is 2. The maximum Gasteiger partial charge on any atom is 0.254 e. The van der Waals surface area contributed by atoms with E-state index in [0.717, 1.165) is 15.2 Å². The van der Waals surface area contributed by atoms with E-state index in [4.69, 9.17) is 4.74 Å². The lowest BCUT2D eigenvalue weighted by atomic mass is 10.0. The van der Waals surface area contributed by atoms with Gasteiger partial charge in [0.05, 0.1) is 17.6 Å². The number of aromatic nitrogens is 1. The summed E-state index contributed by atoms with van der Waals surface area (Å²) in [6.07, 6.45) is 1.68. The summed E-state index contributed by atoms with van der Waals surface area (Å²) in [6, 6.07) is 17.6. The monoisotopic (exact) mass is 382 g/mol. The number of pyridine rings is 1. The van der Waals surface area contributed by atoms with Gasteiger partial charge in [-0.05, 0) is 51.0 Å². The highest BCUT2D eigenvalue weighted by atomic mass is 79.9. The molecule has 2 heterocycles. The van der Waals surface area contributed by atoms with Crippen molar-refractivity contribution >= 4 is 32.6 Å². The van der Waals surface area contributed by atoms with Crippen molar-refractivity contribution in [1.82, 2.24) is 9.88 Å². The third-order valence-corrected chi connectivity index (χ3v) is 4.74. The van der Waals surface area contributed by atoms with Gasteiger partial charge in [-0.1, -0.05) is 30.3 Å². The zero-order valence-corrected chi connectivity index (χ0v) is 14.4. The zero-order valence-electron chi connectivity index (χ0n) is 12.9. The van der Waals surface area contributed by atoms with Crippen LogP contribution in [0.15, 0.2) is 65.3 Å². The van der Waals surface area contributed by atoms with E-state index in [-0.39, 0.29) is 12.0 Å². The van der Waals surface area contributed by atoms with Crippen LogP contribution in [-0.2, 0) is 0 Å². The number of nitrogens with zero attached hydrogens (tertiary/aromatic N) is 2. The van der Waals surface area contributed by atoms with Crippen LogP contribution in [0.25, 0.3) is 10.8 Å². The van der Waals surface area contributed by atoms with Crippen molar-refractivity contribution in [2.75, 3.05) is 13.1 Å². The average molecular weight is 383 g/mol. The molecule has 4 nitrogen and oxygen atoms in total. The van der Waals surface area contributed by atoms with Gasteiger partial charge >= 0.3 is 0 Å². The van der Waals surface area contributed by atoms with Gasteiger partial charge in [-0.15, -0.1) is 0 Å². The Morgan fingerprint density at radius 3 is 2.67 bits per heavy atom. The molecule has 0 spiro atoms. The maximum absolute atomic E-state index is 12.6. The van der Waals surface area contributed by atoms with Gasteiger partial charge in [-0.2, -0.15) is 0 Å². The SMILES string of the molecule is O=C(c1ccc2ccccc2c1)N1CC(Oc2ncccc2Br)C1. The second-order valence-electron chi connectivity index (χ2n) is 5.80. The van der Waals surface area contributed by atoms with Crippen LogP contribution < -0.4 is 4.74 Å². The summed E-state index contributed by atoms with van der Waals surface area (Å²) in [4.78, 5) is 18.6. The van der Waals surface area contributed by atoms with Crippen LogP contribution in [0.2, 0.25) is 0 Å². The van der Waals surface area contributed by atoms with Gasteiger partial charge in [-0.25, -0.2) is 4.98 Å². The fourth-order valence-electron chi connectivity index (χ4n) is 2.80. The lowest BCUT2D eigenvalue weighted by Crippen LogP contribution is -2.56. The van der Waals surface area contributed by atoms with E-state index in [1.165, 1.54) is 0 Å². The van der Waals surface area contributed by atoms with Crippen LogP contribution in [0, 0.1) is 0 Å². The molecule has 0 radical (unpaired) electrons. The summed E-state index contributed by atoms with van der Waals surface area (Å²) in [7, 11) is 0. The predicted octanol–water partition coefficient (Wildman–Crippen LogP) is 3.90. The molecule has 3 aromatic rings. The highest BCUT2D eigenvalue weighted by Gasteiger charge is 2.33. The van der Waals surface area contributed by atoms with E-state index >= 15 is 0 Å². The number of amides is 1. The van der Waals surface area contributed by atoms with Gasteiger partial charge < -0.3 is 9.64 Å². The van der Waals surface area contributed by atoms with Gasteiger partial charge in [0.1, 0.15) is 6.10 Å². The van der Waals surface area contributed by atoms with Gasteiger partial charge in [0.2, 0.25) is 5.88 Å². The molecule has 0 unspecified atom stereocenters. The van der Waals surface area contributed by atoms with Gasteiger partial charge in [0.25, 0.3) is 5.91 Å². The number of hydrogen-bond acceptors (Lipinski definition) is 3. The Morgan fingerprint density at radius 1 is 1.08 bits per heavy atom. The molecule has 120 valence electrons. The minimum absolute atomic E-state index is 0.0133. The first-order valence-corrected chi connectivity index (χ1v) is 8.55. The molecular formula is C19H15BrN2O2.